The normalized spacial score (nSPS) is 14.3. The molecule has 1 fully saturated rings. The van der Waals surface area contributed by atoms with Gasteiger partial charge in [-0.05, 0) is 87.4 Å². The minimum absolute atomic E-state index is 0.195. The molecule has 2 heterocycles. The number of nitrogens with zero attached hydrogens (tertiary/aromatic N) is 3. The first-order chi connectivity index (χ1) is 18.9. The number of carbonyl (C=O) groups excluding carboxylic acids is 1. The number of aromatic nitrogens is 2. The van der Waals surface area contributed by atoms with Gasteiger partial charge in [-0.15, -0.1) is 0 Å². The van der Waals surface area contributed by atoms with Crippen LogP contribution in [0.5, 0.6) is 11.5 Å². The van der Waals surface area contributed by atoms with Crippen molar-refractivity contribution in [2.24, 2.45) is 5.92 Å². The van der Waals surface area contributed by atoms with Crippen molar-refractivity contribution in [3.8, 4) is 11.5 Å². The van der Waals surface area contributed by atoms with Crippen LogP contribution in [-0.2, 0) is 0 Å². The lowest BCUT2D eigenvalue weighted by Crippen LogP contribution is -2.32. The molecule has 0 bridgehead atoms. The topological polar surface area (TPSA) is 88.6 Å². The number of anilines is 3. The van der Waals surface area contributed by atoms with Crippen LogP contribution in [0.1, 0.15) is 23.2 Å². The van der Waals surface area contributed by atoms with E-state index in [1.165, 1.54) is 18.5 Å². The van der Waals surface area contributed by atoms with Crippen LogP contribution in [0.15, 0.2) is 60.9 Å². The number of methoxy groups -OCH3 is 1. The molecule has 0 unspecified atom stereocenters. The summed E-state index contributed by atoms with van der Waals surface area (Å²) in [5, 5.41) is 6.91. The second-order valence-corrected chi connectivity index (χ2v) is 10.0. The summed E-state index contributed by atoms with van der Waals surface area (Å²) in [6.45, 7) is 2.74. The Morgan fingerprint density at radius 2 is 1.85 bits per heavy atom. The first kappa shape index (κ1) is 26.6. The summed E-state index contributed by atoms with van der Waals surface area (Å²) in [7, 11) is 3.72. The van der Waals surface area contributed by atoms with Crippen molar-refractivity contribution in [1.82, 2.24) is 14.9 Å². The van der Waals surface area contributed by atoms with Gasteiger partial charge in [0.05, 0.1) is 24.9 Å². The first-order valence-corrected chi connectivity index (χ1v) is 13.0. The van der Waals surface area contributed by atoms with E-state index < -0.39 is 5.82 Å². The summed E-state index contributed by atoms with van der Waals surface area (Å²) in [5.41, 5.74) is 1.57. The zero-order valence-corrected chi connectivity index (χ0v) is 22.5. The molecule has 202 valence electrons. The Balaban J connectivity index is 1.31. The third kappa shape index (κ3) is 6.38. The highest BCUT2D eigenvalue weighted by Gasteiger charge is 2.19. The molecule has 4 aromatic rings. The summed E-state index contributed by atoms with van der Waals surface area (Å²) < 4.78 is 26.8. The summed E-state index contributed by atoms with van der Waals surface area (Å²) in [6, 6.07) is 14.4. The number of ether oxygens (including phenoxy) is 2. The lowest BCUT2D eigenvalue weighted by Gasteiger charge is -2.28. The fourth-order valence-electron chi connectivity index (χ4n) is 4.50. The maximum Gasteiger partial charge on any atom is 0.255 e. The Kier molecular flexibility index (Phi) is 8.09. The van der Waals surface area contributed by atoms with Crippen LogP contribution < -0.4 is 20.1 Å². The van der Waals surface area contributed by atoms with Crippen LogP contribution in [0.2, 0.25) is 5.02 Å². The molecule has 1 aromatic heterocycles. The van der Waals surface area contributed by atoms with Gasteiger partial charge in [-0.2, -0.15) is 0 Å². The molecule has 5 rings (SSSR count). The third-order valence-electron chi connectivity index (χ3n) is 6.82. The van der Waals surface area contributed by atoms with Gasteiger partial charge in [0.15, 0.2) is 11.5 Å². The van der Waals surface area contributed by atoms with E-state index in [1.807, 2.05) is 6.07 Å². The zero-order valence-electron chi connectivity index (χ0n) is 21.7. The average molecular weight is 550 g/mol. The molecular formula is C29H29ClFN5O3. The number of nitrogens with one attached hydrogen (secondary N) is 2. The number of hydrogen-bond acceptors (Lipinski definition) is 7. The van der Waals surface area contributed by atoms with E-state index in [1.54, 1.807) is 43.5 Å². The SMILES string of the molecule is COc1cc2c(Nc3ccc(NC(=O)c4ccc(Cl)cc4)cc3F)ncnc2cc1OCC1CCN(C)CC1. The highest BCUT2D eigenvalue weighted by molar-refractivity contribution is 6.30. The fraction of sp³-hybridized carbons (Fsp3) is 0.276. The number of fused-ring (bicyclic) bond motifs is 1. The molecule has 3 aromatic carbocycles. The minimum Gasteiger partial charge on any atom is -0.493 e. The van der Waals surface area contributed by atoms with Crippen molar-refractivity contribution in [1.29, 1.82) is 0 Å². The molecule has 8 nitrogen and oxygen atoms in total. The molecule has 10 heteroatoms. The van der Waals surface area contributed by atoms with Crippen molar-refractivity contribution >= 4 is 45.6 Å². The molecule has 0 saturated carbocycles. The Hall–Kier alpha value is -3.95. The van der Waals surface area contributed by atoms with Crippen molar-refractivity contribution in [2.45, 2.75) is 12.8 Å². The van der Waals surface area contributed by atoms with Crippen LogP contribution in [0.3, 0.4) is 0 Å². The quantitative estimate of drug-likeness (QED) is 0.272. The third-order valence-corrected chi connectivity index (χ3v) is 7.07. The second-order valence-electron chi connectivity index (χ2n) is 9.58. The lowest BCUT2D eigenvalue weighted by molar-refractivity contribution is 0.102. The van der Waals surface area contributed by atoms with Crippen molar-refractivity contribution < 1.29 is 18.7 Å². The molecule has 1 aliphatic heterocycles. The number of benzene rings is 3. The molecule has 1 saturated heterocycles. The van der Waals surface area contributed by atoms with E-state index >= 15 is 4.39 Å². The summed E-state index contributed by atoms with van der Waals surface area (Å²) >= 11 is 5.88. The van der Waals surface area contributed by atoms with Crippen LogP contribution in [0.25, 0.3) is 10.9 Å². The Labute approximate surface area is 231 Å². The van der Waals surface area contributed by atoms with Crippen molar-refractivity contribution in [3.63, 3.8) is 0 Å². The molecule has 0 radical (unpaired) electrons. The standard InChI is InChI=1S/C29H29ClFN5O3/c1-36-11-9-18(10-12-36)16-39-27-15-25-22(14-26(27)38-2)28(33-17-32-25)35-24-8-7-21(13-23(24)31)34-29(37)19-3-5-20(30)6-4-19/h3-8,13-15,17-18H,9-12,16H2,1-2H3,(H,34,37)(H,32,33,35). The largest absolute Gasteiger partial charge is 0.493 e. The van der Waals surface area contributed by atoms with Gasteiger partial charge in [-0.25, -0.2) is 14.4 Å². The number of amides is 1. The van der Waals surface area contributed by atoms with Crippen LogP contribution in [0, 0.1) is 11.7 Å². The van der Waals surface area contributed by atoms with E-state index in [4.69, 9.17) is 21.1 Å². The fourth-order valence-corrected chi connectivity index (χ4v) is 4.62. The Morgan fingerprint density at radius 1 is 1.08 bits per heavy atom. The summed E-state index contributed by atoms with van der Waals surface area (Å²) in [6.07, 6.45) is 3.60. The average Bonchev–Trinajstić information content (AvgIpc) is 2.94. The number of halogens is 2. The van der Waals surface area contributed by atoms with Gasteiger partial charge in [-0.1, -0.05) is 11.6 Å². The second kappa shape index (κ2) is 11.8. The van der Waals surface area contributed by atoms with E-state index in [-0.39, 0.29) is 11.6 Å². The van der Waals surface area contributed by atoms with Crippen molar-refractivity contribution in [2.75, 3.05) is 44.5 Å². The van der Waals surface area contributed by atoms with E-state index in [0.29, 0.717) is 57.0 Å². The van der Waals surface area contributed by atoms with E-state index in [0.717, 1.165) is 25.9 Å². The highest BCUT2D eigenvalue weighted by atomic mass is 35.5. The van der Waals surface area contributed by atoms with Crippen LogP contribution in [0.4, 0.5) is 21.6 Å². The van der Waals surface area contributed by atoms with Gasteiger partial charge >= 0.3 is 0 Å². The van der Waals surface area contributed by atoms with Crippen LogP contribution in [-0.4, -0.2) is 54.6 Å². The maximum absolute atomic E-state index is 15.0. The van der Waals surface area contributed by atoms with Gasteiger partial charge in [0.1, 0.15) is 18.0 Å². The van der Waals surface area contributed by atoms with Gasteiger partial charge in [0.25, 0.3) is 5.91 Å². The molecule has 1 aliphatic rings. The Morgan fingerprint density at radius 3 is 2.56 bits per heavy atom. The minimum atomic E-state index is -0.555. The predicted octanol–water partition coefficient (Wildman–Crippen LogP) is 6.15. The molecule has 39 heavy (non-hydrogen) atoms. The Bertz CT molecular complexity index is 1480. The summed E-state index contributed by atoms with van der Waals surface area (Å²) in [5.74, 6) is 1.15. The number of piperidine rings is 1. The molecule has 1 amide bonds. The van der Waals surface area contributed by atoms with Gasteiger partial charge in [0, 0.05) is 27.7 Å². The van der Waals surface area contributed by atoms with Crippen LogP contribution >= 0.6 is 11.6 Å². The van der Waals surface area contributed by atoms with Gasteiger partial charge in [0.2, 0.25) is 0 Å². The predicted molar refractivity (Wildman–Crippen MR) is 151 cm³/mol. The van der Waals surface area contributed by atoms with Gasteiger partial charge < -0.3 is 25.0 Å². The maximum atomic E-state index is 15.0. The van der Waals surface area contributed by atoms with E-state index in [9.17, 15) is 4.79 Å². The molecule has 2 N–H and O–H groups in total. The number of likely N-dealkylation sites (tertiary alicyclic amines) is 1. The van der Waals surface area contributed by atoms with Gasteiger partial charge in [-0.3, -0.25) is 4.79 Å². The lowest BCUT2D eigenvalue weighted by atomic mass is 9.98. The number of carbonyl (C=O) groups is 1. The monoisotopic (exact) mass is 549 g/mol. The smallest absolute Gasteiger partial charge is 0.255 e. The molecule has 0 atom stereocenters. The number of rotatable bonds is 8. The molecule has 0 aliphatic carbocycles. The highest BCUT2D eigenvalue weighted by Crippen LogP contribution is 2.36. The number of hydrogen-bond donors (Lipinski definition) is 2. The molecular weight excluding hydrogens is 521 g/mol. The molecule has 0 spiro atoms. The first-order valence-electron chi connectivity index (χ1n) is 12.7. The zero-order chi connectivity index (χ0) is 27.4. The summed E-state index contributed by atoms with van der Waals surface area (Å²) in [4.78, 5) is 23.5. The van der Waals surface area contributed by atoms with Crippen molar-refractivity contribution in [3.05, 3.63) is 77.3 Å². The van der Waals surface area contributed by atoms with E-state index in [2.05, 4.69) is 32.5 Å².